The summed E-state index contributed by atoms with van der Waals surface area (Å²) in [5.74, 6) is 0.940. The summed E-state index contributed by atoms with van der Waals surface area (Å²) < 4.78 is 11.3. The lowest BCUT2D eigenvalue weighted by molar-refractivity contribution is -0.124. The molecule has 2 rings (SSSR count). The molecule has 124 valence electrons. The minimum absolute atomic E-state index is 0.113. The van der Waals surface area contributed by atoms with E-state index >= 15 is 0 Å². The Bertz CT molecular complexity index is 674. The zero-order valence-electron chi connectivity index (χ0n) is 13.4. The van der Waals surface area contributed by atoms with Crippen LogP contribution in [0, 0.1) is 0 Å². The highest BCUT2D eigenvalue weighted by Crippen LogP contribution is 2.38. The monoisotopic (exact) mass is 399 g/mol. The molecule has 0 bridgehead atoms. The summed E-state index contributed by atoms with van der Waals surface area (Å²) in [6, 6.07) is 3.42. The zero-order chi connectivity index (χ0) is 17.1. The smallest absolute Gasteiger partial charge is 0.293 e. The van der Waals surface area contributed by atoms with Crippen molar-refractivity contribution in [3.8, 4) is 11.5 Å². The molecule has 0 spiro atoms. The molecule has 0 aromatic heterocycles. The van der Waals surface area contributed by atoms with Crippen molar-refractivity contribution < 1.29 is 19.1 Å². The number of imide groups is 1. The van der Waals surface area contributed by atoms with Gasteiger partial charge in [0, 0.05) is 17.7 Å². The van der Waals surface area contributed by atoms with Gasteiger partial charge in [0.25, 0.3) is 11.1 Å². The van der Waals surface area contributed by atoms with Gasteiger partial charge >= 0.3 is 0 Å². The molecule has 2 amide bonds. The molecule has 1 aromatic carbocycles. The molecule has 0 saturated carbocycles. The second-order valence-electron chi connectivity index (χ2n) is 5.04. The van der Waals surface area contributed by atoms with Crippen molar-refractivity contribution in [2.45, 2.75) is 26.3 Å². The number of amides is 2. The van der Waals surface area contributed by atoms with Gasteiger partial charge in [-0.15, -0.1) is 0 Å². The third kappa shape index (κ3) is 3.55. The van der Waals surface area contributed by atoms with Gasteiger partial charge in [-0.1, -0.05) is 6.92 Å². The van der Waals surface area contributed by atoms with Gasteiger partial charge in [-0.3, -0.25) is 14.5 Å². The largest absolute Gasteiger partial charge is 0.496 e. The number of benzene rings is 1. The normalized spacial score (nSPS) is 17.8. The SMILES string of the molecule is CC[C@H](C)N1C(=O)S/C(=C/c2cc(Br)c(OC)cc2OC)C1=O. The fraction of sp³-hybridized carbons (Fsp3) is 0.375. The van der Waals surface area contributed by atoms with Crippen LogP contribution in [0.4, 0.5) is 4.79 Å². The molecule has 1 aliphatic rings. The Morgan fingerprint density at radius 2 is 1.91 bits per heavy atom. The molecule has 1 fully saturated rings. The molecule has 0 unspecified atom stereocenters. The van der Waals surface area contributed by atoms with E-state index in [-0.39, 0.29) is 17.2 Å². The number of halogens is 1. The van der Waals surface area contributed by atoms with E-state index in [1.54, 1.807) is 32.4 Å². The molecule has 7 heteroatoms. The number of carbonyl (C=O) groups is 2. The highest BCUT2D eigenvalue weighted by Gasteiger charge is 2.37. The first-order chi connectivity index (χ1) is 10.9. The summed E-state index contributed by atoms with van der Waals surface area (Å²) in [6.45, 7) is 3.81. The van der Waals surface area contributed by atoms with Gasteiger partial charge in [-0.25, -0.2) is 0 Å². The number of thioether (sulfide) groups is 1. The molecule has 1 atom stereocenters. The first-order valence-electron chi connectivity index (χ1n) is 7.11. The maximum Gasteiger partial charge on any atom is 0.293 e. The summed E-state index contributed by atoms with van der Waals surface area (Å²) >= 11 is 4.37. The lowest BCUT2D eigenvalue weighted by Crippen LogP contribution is -2.36. The Morgan fingerprint density at radius 3 is 2.48 bits per heavy atom. The third-order valence-electron chi connectivity index (χ3n) is 3.65. The Hall–Kier alpha value is -1.47. The number of ether oxygens (including phenoxy) is 2. The van der Waals surface area contributed by atoms with Crippen LogP contribution in [0.3, 0.4) is 0 Å². The minimum Gasteiger partial charge on any atom is -0.496 e. The van der Waals surface area contributed by atoms with E-state index in [2.05, 4.69) is 15.9 Å². The molecule has 5 nitrogen and oxygen atoms in total. The van der Waals surface area contributed by atoms with Gasteiger partial charge in [-0.05, 0) is 53.2 Å². The van der Waals surface area contributed by atoms with Crippen LogP contribution in [0.25, 0.3) is 6.08 Å². The first kappa shape index (κ1) is 17.9. The lowest BCUT2D eigenvalue weighted by Gasteiger charge is -2.19. The number of rotatable bonds is 5. The van der Waals surface area contributed by atoms with Crippen LogP contribution in [0.2, 0.25) is 0 Å². The molecule has 1 saturated heterocycles. The Balaban J connectivity index is 2.41. The van der Waals surface area contributed by atoms with E-state index < -0.39 is 0 Å². The average molecular weight is 400 g/mol. The molecule has 0 N–H and O–H groups in total. The van der Waals surface area contributed by atoms with E-state index in [1.165, 1.54) is 4.90 Å². The van der Waals surface area contributed by atoms with Crippen molar-refractivity contribution in [1.82, 2.24) is 4.90 Å². The Labute approximate surface area is 148 Å². The van der Waals surface area contributed by atoms with Crippen LogP contribution < -0.4 is 9.47 Å². The van der Waals surface area contributed by atoms with Gasteiger partial charge in [0.15, 0.2) is 0 Å². The summed E-state index contributed by atoms with van der Waals surface area (Å²) in [6.07, 6.45) is 2.40. The standard InChI is InChI=1S/C16H18BrNO4S/c1-5-9(2)18-15(19)14(23-16(18)20)7-10-6-11(17)13(22-4)8-12(10)21-3/h6-9H,5H2,1-4H3/b14-7+/t9-/m0/s1. The van der Waals surface area contributed by atoms with Crippen LogP contribution in [0.1, 0.15) is 25.8 Å². The zero-order valence-corrected chi connectivity index (χ0v) is 15.8. The summed E-state index contributed by atoms with van der Waals surface area (Å²) in [4.78, 5) is 26.2. The molecule has 0 aliphatic carbocycles. The quantitative estimate of drug-likeness (QED) is 0.690. The average Bonchev–Trinajstić information content (AvgIpc) is 2.81. The van der Waals surface area contributed by atoms with Crippen molar-refractivity contribution in [1.29, 1.82) is 0 Å². The van der Waals surface area contributed by atoms with E-state index in [4.69, 9.17) is 9.47 Å². The lowest BCUT2D eigenvalue weighted by atomic mass is 10.1. The molecule has 0 radical (unpaired) electrons. The van der Waals surface area contributed by atoms with Crippen LogP contribution in [-0.4, -0.2) is 36.3 Å². The van der Waals surface area contributed by atoms with Crippen LogP contribution in [-0.2, 0) is 4.79 Å². The highest BCUT2D eigenvalue weighted by atomic mass is 79.9. The second-order valence-corrected chi connectivity index (χ2v) is 6.89. The highest BCUT2D eigenvalue weighted by molar-refractivity contribution is 9.10. The fourth-order valence-electron chi connectivity index (χ4n) is 2.18. The van der Waals surface area contributed by atoms with Crippen molar-refractivity contribution >= 4 is 44.9 Å². The van der Waals surface area contributed by atoms with Crippen molar-refractivity contribution in [2.75, 3.05) is 14.2 Å². The first-order valence-corrected chi connectivity index (χ1v) is 8.72. The molecular weight excluding hydrogens is 382 g/mol. The van der Waals surface area contributed by atoms with Crippen LogP contribution in [0.15, 0.2) is 21.5 Å². The van der Waals surface area contributed by atoms with Crippen LogP contribution >= 0.6 is 27.7 Å². The number of carbonyl (C=O) groups excluding carboxylic acids is 2. The molecule has 1 aliphatic heterocycles. The maximum absolute atomic E-state index is 12.5. The molecule has 1 aromatic rings. The predicted octanol–water partition coefficient (Wildman–Crippen LogP) is 4.30. The van der Waals surface area contributed by atoms with E-state index in [9.17, 15) is 9.59 Å². The fourth-order valence-corrected chi connectivity index (χ4v) is 3.62. The van der Waals surface area contributed by atoms with Gasteiger partial charge < -0.3 is 9.47 Å². The second kappa shape index (κ2) is 7.40. The number of nitrogens with zero attached hydrogens (tertiary/aromatic N) is 1. The summed E-state index contributed by atoms with van der Waals surface area (Å²) in [5, 5.41) is -0.234. The van der Waals surface area contributed by atoms with Gasteiger partial charge in [0.2, 0.25) is 0 Å². The number of hydrogen-bond donors (Lipinski definition) is 0. The number of methoxy groups -OCH3 is 2. The van der Waals surface area contributed by atoms with Gasteiger partial charge in [-0.2, -0.15) is 0 Å². The minimum atomic E-state index is -0.261. The molecular formula is C16H18BrNO4S. The van der Waals surface area contributed by atoms with Crippen LogP contribution in [0.5, 0.6) is 11.5 Å². The Kier molecular flexibility index (Phi) is 5.75. The van der Waals surface area contributed by atoms with Gasteiger partial charge in [0.1, 0.15) is 11.5 Å². The maximum atomic E-state index is 12.5. The van der Waals surface area contributed by atoms with E-state index in [1.807, 2.05) is 13.8 Å². The summed E-state index contributed by atoms with van der Waals surface area (Å²) in [7, 11) is 3.11. The summed E-state index contributed by atoms with van der Waals surface area (Å²) in [5.41, 5.74) is 0.704. The van der Waals surface area contributed by atoms with E-state index in [0.717, 1.165) is 22.7 Å². The van der Waals surface area contributed by atoms with Crippen molar-refractivity contribution in [3.05, 3.63) is 27.1 Å². The molecule has 1 heterocycles. The van der Waals surface area contributed by atoms with Gasteiger partial charge in [0.05, 0.1) is 23.6 Å². The van der Waals surface area contributed by atoms with Crippen molar-refractivity contribution in [3.63, 3.8) is 0 Å². The van der Waals surface area contributed by atoms with Crippen molar-refractivity contribution in [2.24, 2.45) is 0 Å². The Morgan fingerprint density at radius 1 is 1.26 bits per heavy atom. The topological polar surface area (TPSA) is 55.8 Å². The predicted molar refractivity (Wildman–Crippen MR) is 94.8 cm³/mol. The van der Waals surface area contributed by atoms with E-state index in [0.29, 0.717) is 22.0 Å². The third-order valence-corrected chi connectivity index (χ3v) is 5.15. The number of hydrogen-bond acceptors (Lipinski definition) is 5. The molecule has 23 heavy (non-hydrogen) atoms.